The van der Waals surface area contributed by atoms with Crippen molar-refractivity contribution in [2.75, 3.05) is 26.2 Å². The first kappa shape index (κ1) is 23.8. The number of phenolic OH excluding ortho intramolecular Hbond substituents is 1. The van der Waals surface area contributed by atoms with Crippen LogP contribution in [0.2, 0.25) is 5.02 Å². The third kappa shape index (κ3) is 5.34. The Morgan fingerprint density at radius 3 is 2.26 bits per heavy atom. The number of aromatic hydroxyl groups is 1. The van der Waals surface area contributed by atoms with Gasteiger partial charge in [-0.25, -0.2) is 8.42 Å². The minimum Gasteiger partial charge on any atom is -0.507 e. The zero-order valence-electron chi connectivity index (χ0n) is 17.2. The average Bonchev–Trinajstić information content (AvgIpc) is 2.91. The molecule has 0 radical (unpaired) electrons. The van der Waals surface area contributed by atoms with E-state index in [-0.39, 0.29) is 23.7 Å². The lowest BCUT2D eigenvalue weighted by molar-refractivity contribution is -0.137. The molecule has 2 aromatic carbocycles. The van der Waals surface area contributed by atoms with Crippen molar-refractivity contribution in [3.05, 3.63) is 57.6 Å². The summed E-state index contributed by atoms with van der Waals surface area (Å²) < 4.78 is 65.9. The maximum absolute atomic E-state index is 13.0. The van der Waals surface area contributed by atoms with Gasteiger partial charge >= 0.3 is 6.18 Å². The second-order valence-corrected chi connectivity index (χ2v) is 10.1. The van der Waals surface area contributed by atoms with Crippen molar-refractivity contribution in [2.24, 2.45) is 0 Å². The van der Waals surface area contributed by atoms with Gasteiger partial charge < -0.3 is 5.11 Å². The lowest BCUT2D eigenvalue weighted by Gasteiger charge is -2.23. The summed E-state index contributed by atoms with van der Waals surface area (Å²) in [6.45, 7) is 5.87. The van der Waals surface area contributed by atoms with Crippen molar-refractivity contribution in [3.63, 3.8) is 0 Å². The van der Waals surface area contributed by atoms with Gasteiger partial charge in [0.1, 0.15) is 10.6 Å². The van der Waals surface area contributed by atoms with Gasteiger partial charge in [-0.1, -0.05) is 23.7 Å². The van der Waals surface area contributed by atoms with E-state index in [4.69, 9.17) is 11.6 Å². The molecule has 170 valence electrons. The number of halogens is 4. The first-order valence-corrected chi connectivity index (χ1v) is 11.6. The van der Waals surface area contributed by atoms with Crippen LogP contribution in [0.15, 0.2) is 35.2 Å². The monoisotopic (exact) mass is 476 g/mol. The summed E-state index contributed by atoms with van der Waals surface area (Å²) in [6, 6.07) is 6.12. The molecule has 0 bridgehead atoms. The van der Waals surface area contributed by atoms with Gasteiger partial charge in [-0.3, -0.25) is 4.90 Å². The maximum Gasteiger partial charge on any atom is 0.416 e. The fraction of sp³-hybridized carbons (Fsp3) is 0.429. The number of nitrogens with zero attached hydrogens (tertiary/aromatic N) is 2. The Morgan fingerprint density at radius 2 is 1.68 bits per heavy atom. The van der Waals surface area contributed by atoms with Crippen molar-refractivity contribution >= 4 is 21.6 Å². The lowest BCUT2D eigenvalue weighted by atomic mass is 10.1. The minimum absolute atomic E-state index is 0.204. The van der Waals surface area contributed by atoms with Gasteiger partial charge in [-0.15, -0.1) is 0 Å². The largest absolute Gasteiger partial charge is 0.507 e. The third-order valence-corrected chi connectivity index (χ3v) is 7.76. The molecule has 10 heteroatoms. The Kier molecular flexibility index (Phi) is 6.90. The molecule has 2 aromatic rings. The van der Waals surface area contributed by atoms with Crippen molar-refractivity contribution in [2.45, 2.75) is 37.9 Å². The standard InChI is InChI=1S/C21H24ClF3N2O3S/c1-14-10-16(11-15(2)20(14)28)13-26-6-3-7-27(9-8-26)31(29,30)19-5-4-17(12-18(19)22)21(23,24)25/h4-5,10-12,28H,3,6-9,13H2,1-2H3. The summed E-state index contributed by atoms with van der Waals surface area (Å²) >= 11 is 5.92. The molecular formula is C21H24ClF3N2O3S. The highest BCUT2D eigenvalue weighted by Gasteiger charge is 2.34. The Labute approximate surface area is 185 Å². The highest BCUT2D eigenvalue weighted by molar-refractivity contribution is 7.89. The smallest absolute Gasteiger partial charge is 0.416 e. The van der Waals surface area contributed by atoms with Gasteiger partial charge in [0.25, 0.3) is 0 Å². The number of sulfonamides is 1. The Balaban J connectivity index is 1.74. The number of hydrogen-bond acceptors (Lipinski definition) is 4. The van der Waals surface area contributed by atoms with Crippen molar-refractivity contribution < 1.29 is 26.7 Å². The fourth-order valence-corrected chi connectivity index (χ4v) is 5.75. The second kappa shape index (κ2) is 8.97. The van der Waals surface area contributed by atoms with Crippen molar-refractivity contribution in [1.82, 2.24) is 9.21 Å². The quantitative estimate of drug-likeness (QED) is 0.701. The van der Waals surface area contributed by atoms with Gasteiger partial charge in [0.05, 0.1) is 10.6 Å². The highest BCUT2D eigenvalue weighted by atomic mass is 35.5. The maximum atomic E-state index is 13.0. The number of phenols is 1. The molecule has 31 heavy (non-hydrogen) atoms. The van der Waals surface area contributed by atoms with Crippen LogP contribution in [-0.4, -0.2) is 48.9 Å². The molecule has 0 aliphatic carbocycles. The summed E-state index contributed by atoms with van der Waals surface area (Å²) in [5.74, 6) is 0.269. The fourth-order valence-electron chi connectivity index (χ4n) is 3.77. The van der Waals surface area contributed by atoms with E-state index in [9.17, 15) is 26.7 Å². The van der Waals surface area contributed by atoms with E-state index in [0.717, 1.165) is 28.8 Å². The number of aryl methyl sites for hydroxylation is 2. The van der Waals surface area contributed by atoms with Crippen molar-refractivity contribution in [1.29, 1.82) is 0 Å². The molecule has 0 atom stereocenters. The minimum atomic E-state index is -4.60. The summed E-state index contributed by atoms with van der Waals surface area (Å²) in [4.78, 5) is 1.80. The van der Waals surface area contributed by atoms with Gasteiger partial charge in [0, 0.05) is 26.2 Å². The molecular weight excluding hydrogens is 453 g/mol. The van der Waals surface area contributed by atoms with Crippen LogP contribution in [-0.2, 0) is 22.7 Å². The molecule has 0 spiro atoms. The predicted octanol–water partition coefficient (Wildman–Crippen LogP) is 4.58. The molecule has 1 heterocycles. The van der Waals surface area contributed by atoms with Gasteiger partial charge in [-0.05, 0) is 61.7 Å². The molecule has 0 aromatic heterocycles. The van der Waals surface area contributed by atoms with E-state index in [2.05, 4.69) is 4.90 Å². The molecule has 5 nitrogen and oxygen atoms in total. The van der Waals surface area contributed by atoms with Crippen LogP contribution in [0.4, 0.5) is 13.2 Å². The van der Waals surface area contributed by atoms with Crippen LogP contribution in [0.1, 0.15) is 28.7 Å². The lowest BCUT2D eigenvalue weighted by Crippen LogP contribution is -2.35. The first-order valence-electron chi connectivity index (χ1n) is 9.78. The summed E-state index contributed by atoms with van der Waals surface area (Å²) in [5.41, 5.74) is 1.60. The third-order valence-electron chi connectivity index (χ3n) is 5.38. The molecule has 0 unspecified atom stereocenters. The molecule has 3 rings (SSSR count). The van der Waals surface area contributed by atoms with Gasteiger partial charge in [0.2, 0.25) is 10.0 Å². The van der Waals surface area contributed by atoms with Crippen molar-refractivity contribution in [3.8, 4) is 5.75 Å². The van der Waals surface area contributed by atoms with Crippen LogP contribution in [0.25, 0.3) is 0 Å². The number of hydrogen-bond donors (Lipinski definition) is 1. The second-order valence-electron chi connectivity index (χ2n) is 7.75. The summed E-state index contributed by atoms with van der Waals surface area (Å²) in [6.07, 6.45) is -4.02. The van der Waals surface area contributed by atoms with Crippen LogP contribution < -0.4 is 0 Å². The van der Waals surface area contributed by atoms with E-state index in [1.165, 1.54) is 4.31 Å². The predicted molar refractivity (Wildman–Crippen MR) is 113 cm³/mol. The molecule has 0 amide bonds. The topological polar surface area (TPSA) is 60.9 Å². The number of rotatable bonds is 4. The number of benzene rings is 2. The van der Waals surface area contributed by atoms with Crippen LogP contribution in [0.5, 0.6) is 5.75 Å². The number of alkyl halides is 3. The van der Waals surface area contributed by atoms with Gasteiger partial charge in [-0.2, -0.15) is 17.5 Å². The van der Waals surface area contributed by atoms with Crippen LogP contribution in [0, 0.1) is 13.8 Å². The Morgan fingerprint density at radius 1 is 1.03 bits per heavy atom. The molecule has 1 saturated heterocycles. The van der Waals surface area contributed by atoms with E-state index >= 15 is 0 Å². The summed E-state index contributed by atoms with van der Waals surface area (Å²) in [5, 5.41) is 9.50. The normalized spacial score (nSPS) is 17.0. The van der Waals surface area contributed by atoms with E-state index in [0.29, 0.717) is 32.1 Å². The molecule has 1 N–H and O–H groups in total. The zero-order valence-corrected chi connectivity index (χ0v) is 18.8. The summed E-state index contributed by atoms with van der Waals surface area (Å²) in [7, 11) is -4.02. The SMILES string of the molecule is Cc1cc(CN2CCCN(S(=O)(=O)c3ccc(C(F)(F)F)cc3Cl)CC2)cc(C)c1O. The van der Waals surface area contributed by atoms with Crippen LogP contribution >= 0.6 is 11.6 Å². The molecule has 0 saturated carbocycles. The molecule has 1 aliphatic rings. The Bertz CT molecular complexity index is 1050. The van der Waals surface area contributed by atoms with E-state index < -0.39 is 26.8 Å². The van der Waals surface area contributed by atoms with Crippen LogP contribution in [0.3, 0.4) is 0 Å². The van der Waals surface area contributed by atoms with E-state index in [1.54, 1.807) is 0 Å². The Hall–Kier alpha value is -1.81. The zero-order chi connectivity index (χ0) is 23.0. The first-order chi connectivity index (χ1) is 14.4. The highest BCUT2D eigenvalue weighted by Crippen LogP contribution is 2.34. The molecule has 1 aliphatic heterocycles. The van der Waals surface area contributed by atoms with Gasteiger partial charge in [0.15, 0.2) is 0 Å². The average molecular weight is 477 g/mol. The van der Waals surface area contributed by atoms with E-state index in [1.807, 2.05) is 26.0 Å². The molecule has 1 fully saturated rings.